The summed E-state index contributed by atoms with van der Waals surface area (Å²) in [6, 6.07) is 8.05. The zero-order valence-corrected chi connectivity index (χ0v) is 12.4. The van der Waals surface area contributed by atoms with E-state index in [1.165, 1.54) is 19.3 Å². The van der Waals surface area contributed by atoms with Crippen molar-refractivity contribution in [1.82, 2.24) is 0 Å². The summed E-state index contributed by atoms with van der Waals surface area (Å²) in [5.41, 5.74) is 0. The molecular formula is C14H15Cl2NS. The number of halogens is 2. The summed E-state index contributed by atoms with van der Waals surface area (Å²) in [7, 11) is 0. The molecule has 0 radical (unpaired) electrons. The maximum absolute atomic E-state index is 9.26. The topological polar surface area (TPSA) is 23.8 Å². The highest BCUT2D eigenvalue weighted by Crippen LogP contribution is 2.38. The van der Waals surface area contributed by atoms with Crippen molar-refractivity contribution in [3.05, 3.63) is 28.2 Å². The molecule has 0 spiro atoms. The molecular weight excluding hydrogens is 285 g/mol. The fourth-order valence-corrected chi connectivity index (χ4v) is 4.37. The third-order valence-corrected chi connectivity index (χ3v) is 5.05. The van der Waals surface area contributed by atoms with Crippen LogP contribution < -0.4 is 0 Å². The Morgan fingerprint density at radius 1 is 1.06 bits per heavy atom. The molecule has 18 heavy (non-hydrogen) atoms. The molecule has 0 saturated heterocycles. The molecule has 2 atom stereocenters. The van der Waals surface area contributed by atoms with E-state index in [0.717, 1.165) is 17.7 Å². The molecule has 4 heteroatoms. The molecule has 96 valence electrons. The van der Waals surface area contributed by atoms with Crippen molar-refractivity contribution in [3.63, 3.8) is 0 Å². The SMILES string of the molecule is N#CC1CCCCCC1Sc1cc(Cl)cc(Cl)c1. The predicted octanol–water partition coefficient (Wildman–Crippen LogP) is 5.56. The van der Waals surface area contributed by atoms with Crippen molar-refractivity contribution >= 4 is 35.0 Å². The van der Waals surface area contributed by atoms with Crippen molar-refractivity contribution in [2.45, 2.75) is 42.2 Å². The van der Waals surface area contributed by atoms with E-state index in [1.54, 1.807) is 17.8 Å². The van der Waals surface area contributed by atoms with Crippen molar-refractivity contribution in [2.24, 2.45) is 5.92 Å². The third-order valence-electron chi connectivity index (χ3n) is 3.24. The molecule has 2 unspecified atom stereocenters. The van der Waals surface area contributed by atoms with E-state index in [2.05, 4.69) is 6.07 Å². The Balaban J connectivity index is 2.13. The monoisotopic (exact) mass is 299 g/mol. The standard InChI is InChI=1S/C14H15Cl2NS/c15-11-6-12(16)8-13(7-11)18-14-5-3-1-2-4-10(14)9-17/h6-8,10,14H,1-5H2. The van der Waals surface area contributed by atoms with Gasteiger partial charge in [-0.1, -0.05) is 42.5 Å². The Morgan fingerprint density at radius 2 is 1.72 bits per heavy atom. The molecule has 0 bridgehead atoms. The van der Waals surface area contributed by atoms with Gasteiger partial charge in [-0.2, -0.15) is 5.26 Å². The maximum Gasteiger partial charge on any atom is 0.0667 e. The molecule has 1 aromatic rings. The first-order valence-electron chi connectivity index (χ1n) is 6.21. The van der Waals surface area contributed by atoms with Crippen molar-refractivity contribution in [3.8, 4) is 6.07 Å². The fraction of sp³-hybridized carbons (Fsp3) is 0.500. The van der Waals surface area contributed by atoms with E-state index in [9.17, 15) is 5.26 Å². The highest BCUT2D eigenvalue weighted by atomic mass is 35.5. The lowest BCUT2D eigenvalue weighted by Gasteiger charge is -2.18. The molecule has 0 heterocycles. The highest BCUT2D eigenvalue weighted by Gasteiger charge is 2.24. The molecule has 1 aliphatic carbocycles. The molecule has 1 nitrogen and oxygen atoms in total. The molecule has 1 fully saturated rings. The minimum absolute atomic E-state index is 0.148. The summed E-state index contributed by atoms with van der Waals surface area (Å²) < 4.78 is 0. The Bertz CT molecular complexity index is 435. The Hall–Kier alpha value is -0.360. The first-order valence-corrected chi connectivity index (χ1v) is 7.85. The number of nitrogens with zero attached hydrogens (tertiary/aromatic N) is 1. The lowest BCUT2D eigenvalue weighted by Crippen LogP contribution is -2.13. The van der Waals surface area contributed by atoms with Gasteiger partial charge in [0.05, 0.1) is 12.0 Å². The number of thioether (sulfide) groups is 1. The van der Waals surface area contributed by atoms with Crippen LogP contribution in [0.25, 0.3) is 0 Å². The van der Waals surface area contributed by atoms with E-state index in [4.69, 9.17) is 23.2 Å². The lowest BCUT2D eigenvalue weighted by atomic mass is 10.0. The van der Waals surface area contributed by atoms with Crippen LogP contribution in [0.2, 0.25) is 10.0 Å². The van der Waals surface area contributed by atoms with E-state index in [0.29, 0.717) is 15.3 Å². The zero-order chi connectivity index (χ0) is 13.0. The second-order valence-corrected chi connectivity index (χ2v) is 6.82. The number of rotatable bonds is 2. The van der Waals surface area contributed by atoms with Gasteiger partial charge in [-0.25, -0.2) is 0 Å². The average Bonchev–Trinajstić information content (AvgIpc) is 2.52. The average molecular weight is 300 g/mol. The number of nitriles is 1. The van der Waals surface area contributed by atoms with E-state index in [-0.39, 0.29) is 5.92 Å². The van der Waals surface area contributed by atoms with Crippen molar-refractivity contribution in [1.29, 1.82) is 5.26 Å². The van der Waals surface area contributed by atoms with Crippen LogP contribution in [-0.2, 0) is 0 Å². The number of benzene rings is 1. The number of hydrogen-bond donors (Lipinski definition) is 0. The Kier molecular flexibility index (Phi) is 5.24. The van der Waals surface area contributed by atoms with Gasteiger partial charge < -0.3 is 0 Å². The van der Waals surface area contributed by atoms with Crippen molar-refractivity contribution < 1.29 is 0 Å². The van der Waals surface area contributed by atoms with Crippen molar-refractivity contribution in [2.75, 3.05) is 0 Å². The second kappa shape index (κ2) is 6.70. The molecule has 0 N–H and O–H groups in total. The summed E-state index contributed by atoms with van der Waals surface area (Å²) in [6.07, 6.45) is 5.75. The molecule has 0 aromatic heterocycles. The molecule has 1 aliphatic rings. The van der Waals surface area contributed by atoms with Gasteiger partial charge >= 0.3 is 0 Å². The Morgan fingerprint density at radius 3 is 2.39 bits per heavy atom. The molecule has 0 aliphatic heterocycles. The van der Waals surface area contributed by atoms with Crippen LogP contribution >= 0.6 is 35.0 Å². The minimum Gasteiger partial charge on any atom is -0.198 e. The summed E-state index contributed by atoms with van der Waals surface area (Å²) in [5, 5.41) is 10.9. The van der Waals surface area contributed by atoms with Crippen LogP contribution in [0, 0.1) is 17.2 Å². The molecule has 2 rings (SSSR count). The van der Waals surface area contributed by atoms with Crippen LogP contribution in [0.1, 0.15) is 32.1 Å². The number of hydrogen-bond acceptors (Lipinski definition) is 2. The highest BCUT2D eigenvalue weighted by molar-refractivity contribution is 8.00. The zero-order valence-electron chi connectivity index (χ0n) is 10.0. The second-order valence-electron chi connectivity index (χ2n) is 4.64. The smallest absolute Gasteiger partial charge is 0.0667 e. The van der Waals surface area contributed by atoms with Crippen LogP contribution in [0.5, 0.6) is 0 Å². The minimum atomic E-state index is 0.148. The normalized spacial score (nSPS) is 24.3. The quantitative estimate of drug-likeness (QED) is 0.668. The van der Waals surface area contributed by atoms with Gasteiger partial charge in [0.25, 0.3) is 0 Å². The van der Waals surface area contributed by atoms with E-state index < -0.39 is 0 Å². The van der Waals surface area contributed by atoms with Crippen LogP contribution in [-0.4, -0.2) is 5.25 Å². The summed E-state index contributed by atoms with van der Waals surface area (Å²) in [6.45, 7) is 0. The van der Waals surface area contributed by atoms with Crippen LogP contribution in [0.3, 0.4) is 0 Å². The van der Waals surface area contributed by atoms with E-state index in [1.807, 2.05) is 12.1 Å². The van der Waals surface area contributed by atoms with E-state index >= 15 is 0 Å². The maximum atomic E-state index is 9.26. The summed E-state index contributed by atoms with van der Waals surface area (Å²) >= 11 is 13.8. The summed E-state index contributed by atoms with van der Waals surface area (Å²) in [4.78, 5) is 1.07. The van der Waals surface area contributed by atoms with Gasteiger partial charge in [-0.15, -0.1) is 11.8 Å². The van der Waals surface area contributed by atoms with Gasteiger partial charge in [0, 0.05) is 20.2 Å². The first kappa shape index (κ1) is 14.1. The fourth-order valence-electron chi connectivity index (χ4n) is 2.33. The van der Waals surface area contributed by atoms with Crippen LogP contribution in [0.4, 0.5) is 0 Å². The third kappa shape index (κ3) is 3.82. The van der Waals surface area contributed by atoms with Gasteiger partial charge in [0.2, 0.25) is 0 Å². The lowest BCUT2D eigenvalue weighted by molar-refractivity contribution is 0.585. The van der Waals surface area contributed by atoms with Gasteiger partial charge in [-0.3, -0.25) is 0 Å². The largest absolute Gasteiger partial charge is 0.198 e. The van der Waals surface area contributed by atoms with Crippen LogP contribution in [0.15, 0.2) is 23.1 Å². The summed E-state index contributed by atoms with van der Waals surface area (Å²) in [5.74, 6) is 0.148. The molecule has 1 saturated carbocycles. The van der Waals surface area contributed by atoms with Gasteiger partial charge in [0.15, 0.2) is 0 Å². The predicted molar refractivity (Wildman–Crippen MR) is 78.3 cm³/mol. The molecule has 1 aromatic carbocycles. The Labute approximate surface area is 122 Å². The first-order chi connectivity index (χ1) is 8.69. The van der Waals surface area contributed by atoms with Gasteiger partial charge in [0.1, 0.15) is 0 Å². The molecule has 0 amide bonds. The van der Waals surface area contributed by atoms with Gasteiger partial charge in [-0.05, 0) is 31.0 Å².